The first-order valence-electron chi connectivity index (χ1n) is 13.5. The standard InChI is InChI=1S/C30H37NO5/c1-2-8-23(28(32)33)20-35-24-13-12-22-17-27-25-11-6-7-14-30(25,26(22)18-24)15-16-31(27)29(34)36-19-21-9-4-3-5-10-21/h3-5,9-10,12-13,18,23,25,27H,2,6-8,11,14-17,19-20H2,1H3,(H,32,33)/t23?,25-,27+,30+/m0/s1. The van der Waals surface area contributed by atoms with Gasteiger partial charge in [0, 0.05) is 18.0 Å². The number of fused-ring (bicyclic) bond motifs is 1. The smallest absolute Gasteiger partial charge is 0.410 e. The maximum atomic E-state index is 13.2. The molecule has 192 valence electrons. The molecule has 2 aromatic rings. The lowest BCUT2D eigenvalue weighted by atomic mass is 9.52. The summed E-state index contributed by atoms with van der Waals surface area (Å²) in [7, 11) is 0. The van der Waals surface area contributed by atoms with Crippen LogP contribution in [-0.4, -0.2) is 41.3 Å². The van der Waals surface area contributed by atoms with Crippen LogP contribution in [0.3, 0.4) is 0 Å². The van der Waals surface area contributed by atoms with Gasteiger partial charge in [0.25, 0.3) is 0 Å². The van der Waals surface area contributed by atoms with Gasteiger partial charge in [0.1, 0.15) is 19.0 Å². The highest BCUT2D eigenvalue weighted by molar-refractivity contribution is 5.70. The molecule has 6 nitrogen and oxygen atoms in total. The average Bonchev–Trinajstić information content (AvgIpc) is 2.90. The number of nitrogens with zero attached hydrogens (tertiary/aromatic N) is 1. The molecule has 36 heavy (non-hydrogen) atoms. The normalized spacial score (nSPS) is 25.3. The fourth-order valence-corrected chi connectivity index (χ4v) is 6.93. The Bertz CT molecular complexity index is 1090. The Morgan fingerprint density at radius 3 is 2.75 bits per heavy atom. The molecule has 2 aromatic carbocycles. The zero-order valence-electron chi connectivity index (χ0n) is 21.2. The van der Waals surface area contributed by atoms with Crippen LogP contribution in [0.1, 0.15) is 68.6 Å². The number of carboxylic acids is 1. The van der Waals surface area contributed by atoms with Gasteiger partial charge in [-0.3, -0.25) is 4.79 Å². The Hall–Kier alpha value is -3.02. The van der Waals surface area contributed by atoms with Crippen LogP contribution in [0, 0.1) is 11.8 Å². The van der Waals surface area contributed by atoms with E-state index in [4.69, 9.17) is 9.47 Å². The Labute approximate surface area is 213 Å². The molecular weight excluding hydrogens is 454 g/mol. The SMILES string of the molecule is CCCC(COc1ccc2c(c1)[C@@]13CCCC[C@H]1[C@@H](C2)N(C(=O)OCc1ccccc1)CC3)C(=O)O. The zero-order chi connectivity index (χ0) is 25.1. The Kier molecular flexibility index (Phi) is 7.22. The molecule has 0 radical (unpaired) electrons. The largest absolute Gasteiger partial charge is 0.493 e. The van der Waals surface area contributed by atoms with E-state index in [1.807, 2.05) is 48.2 Å². The van der Waals surface area contributed by atoms with Crippen molar-refractivity contribution in [1.82, 2.24) is 4.90 Å². The zero-order valence-corrected chi connectivity index (χ0v) is 21.2. The third-order valence-electron chi connectivity index (χ3n) is 8.69. The van der Waals surface area contributed by atoms with Crippen LogP contribution in [-0.2, 0) is 28.0 Å². The van der Waals surface area contributed by atoms with E-state index in [9.17, 15) is 14.7 Å². The van der Waals surface area contributed by atoms with E-state index < -0.39 is 11.9 Å². The quantitative estimate of drug-likeness (QED) is 0.493. The maximum Gasteiger partial charge on any atom is 0.410 e. The number of amides is 1. The van der Waals surface area contributed by atoms with Gasteiger partial charge in [0.2, 0.25) is 0 Å². The fourth-order valence-electron chi connectivity index (χ4n) is 6.93. The van der Waals surface area contributed by atoms with E-state index in [0.29, 0.717) is 25.5 Å². The molecular formula is C30H37NO5. The van der Waals surface area contributed by atoms with Crippen LogP contribution in [0.4, 0.5) is 4.79 Å². The third kappa shape index (κ3) is 4.70. The molecule has 2 fully saturated rings. The predicted octanol–water partition coefficient (Wildman–Crippen LogP) is 5.96. The van der Waals surface area contributed by atoms with Crippen molar-refractivity contribution in [3.63, 3.8) is 0 Å². The lowest BCUT2D eigenvalue weighted by molar-refractivity contribution is -0.143. The lowest BCUT2D eigenvalue weighted by Gasteiger charge is -2.58. The first-order valence-corrected chi connectivity index (χ1v) is 13.5. The van der Waals surface area contributed by atoms with E-state index in [1.165, 1.54) is 24.0 Å². The molecule has 2 bridgehead atoms. The number of carbonyl (C=O) groups excluding carboxylic acids is 1. The third-order valence-corrected chi connectivity index (χ3v) is 8.69. The molecule has 4 atom stereocenters. The van der Waals surface area contributed by atoms with Crippen molar-refractivity contribution in [3.05, 3.63) is 65.2 Å². The second kappa shape index (κ2) is 10.5. The van der Waals surface area contributed by atoms with Gasteiger partial charge in [-0.2, -0.15) is 0 Å². The van der Waals surface area contributed by atoms with E-state index in [2.05, 4.69) is 12.1 Å². The number of likely N-dealkylation sites (tertiary alicyclic amines) is 1. The lowest BCUT2D eigenvalue weighted by Crippen LogP contribution is -2.62. The summed E-state index contributed by atoms with van der Waals surface area (Å²) in [4.78, 5) is 26.8. The van der Waals surface area contributed by atoms with Crippen LogP contribution >= 0.6 is 0 Å². The summed E-state index contributed by atoms with van der Waals surface area (Å²) >= 11 is 0. The molecule has 1 saturated carbocycles. The molecule has 1 heterocycles. The molecule has 1 amide bonds. The minimum atomic E-state index is -0.796. The highest BCUT2D eigenvalue weighted by Gasteiger charge is 2.55. The van der Waals surface area contributed by atoms with Crippen molar-refractivity contribution in [3.8, 4) is 5.75 Å². The highest BCUT2D eigenvalue weighted by Crippen LogP contribution is 2.56. The maximum absolute atomic E-state index is 13.2. The van der Waals surface area contributed by atoms with Gasteiger partial charge in [0.15, 0.2) is 0 Å². The van der Waals surface area contributed by atoms with E-state index in [0.717, 1.165) is 43.4 Å². The summed E-state index contributed by atoms with van der Waals surface area (Å²) in [6.45, 7) is 3.20. The molecule has 0 spiro atoms. The van der Waals surface area contributed by atoms with Gasteiger partial charge < -0.3 is 19.5 Å². The minimum absolute atomic E-state index is 0.0572. The molecule has 1 N–H and O–H groups in total. The first kappa shape index (κ1) is 24.7. The van der Waals surface area contributed by atoms with Crippen LogP contribution in [0.2, 0.25) is 0 Å². The van der Waals surface area contributed by atoms with Crippen molar-refractivity contribution in [2.24, 2.45) is 11.8 Å². The molecule has 1 unspecified atom stereocenters. The van der Waals surface area contributed by atoms with Gasteiger partial charge in [-0.25, -0.2) is 4.79 Å². The van der Waals surface area contributed by atoms with Gasteiger partial charge in [-0.1, -0.05) is 62.6 Å². The van der Waals surface area contributed by atoms with E-state index in [-0.39, 0.29) is 24.2 Å². The second-order valence-electron chi connectivity index (χ2n) is 10.7. The van der Waals surface area contributed by atoms with Crippen molar-refractivity contribution in [2.45, 2.75) is 76.4 Å². The summed E-state index contributed by atoms with van der Waals surface area (Å²) in [5.74, 6) is -0.104. The van der Waals surface area contributed by atoms with Gasteiger partial charge >= 0.3 is 12.1 Å². The highest BCUT2D eigenvalue weighted by atomic mass is 16.6. The van der Waals surface area contributed by atoms with E-state index >= 15 is 0 Å². The number of carbonyl (C=O) groups is 2. The van der Waals surface area contributed by atoms with Crippen molar-refractivity contribution >= 4 is 12.1 Å². The Balaban J connectivity index is 1.35. The van der Waals surface area contributed by atoms with Crippen LogP contribution < -0.4 is 4.74 Å². The fraction of sp³-hybridized carbons (Fsp3) is 0.533. The number of aliphatic carboxylic acids is 1. The minimum Gasteiger partial charge on any atom is -0.493 e. The van der Waals surface area contributed by atoms with Crippen molar-refractivity contribution < 1.29 is 24.2 Å². The van der Waals surface area contributed by atoms with E-state index in [1.54, 1.807) is 0 Å². The molecule has 0 aromatic heterocycles. The van der Waals surface area contributed by atoms with Crippen LogP contribution in [0.15, 0.2) is 48.5 Å². The predicted molar refractivity (Wildman–Crippen MR) is 137 cm³/mol. The summed E-state index contributed by atoms with van der Waals surface area (Å²) < 4.78 is 11.8. The summed E-state index contributed by atoms with van der Waals surface area (Å²) in [5, 5.41) is 9.49. The number of ether oxygens (including phenoxy) is 2. The molecule has 1 saturated heterocycles. The van der Waals surface area contributed by atoms with Gasteiger partial charge in [0.05, 0.1) is 5.92 Å². The number of benzene rings is 2. The number of carboxylic acid groups (broad SMARTS) is 1. The number of hydrogen-bond donors (Lipinski definition) is 1. The van der Waals surface area contributed by atoms with Crippen LogP contribution in [0.25, 0.3) is 0 Å². The Morgan fingerprint density at radius 2 is 1.97 bits per heavy atom. The molecule has 1 aliphatic heterocycles. The molecule has 5 rings (SSSR count). The summed E-state index contributed by atoms with van der Waals surface area (Å²) in [6.07, 6.45) is 7.63. The van der Waals surface area contributed by atoms with Crippen molar-refractivity contribution in [1.29, 1.82) is 0 Å². The number of piperidine rings is 1. The molecule has 3 aliphatic rings. The average molecular weight is 492 g/mol. The summed E-state index contributed by atoms with van der Waals surface area (Å²) in [5.41, 5.74) is 3.71. The number of hydrogen-bond acceptors (Lipinski definition) is 4. The summed E-state index contributed by atoms with van der Waals surface area (Å²) in [6, 6.07) is 16.3. The number of rotatable bonds is 8. The van der Waals surface area contributed by atoms with Gasteiger partial charge in [-0.15, -0.1) is 0 Å². The van der Waals surface area contributed by atoms with Crippen LogP contribution in [0.5, 0.6) is 5.75 Å². The van der Waals surface area contributed by atoms with Gasteiger partial charge in [-0.05, 0) is 66.8 Å². The first-order chi connectivity index (χ1) is 17.5. The monoisotopic (exact) mass is 491 g/mol. The van der Waals surface area contributed by atoms with Crippen molar-refractivity contribution in [2.75, 3.05) is 13.2 Å². The molecule has 2 aliphatic carbocycles. The Morgan fingerprint density at radius 1 is 1.14 bits per heavy atom. The molecule has 6 heteroatoms. The second-order valence-corrected chi connectivity index (χ2v) is 10.7. The topological polar surface area (TPSA) is 76.1 Å².